The van der Waals surface area contributed by atoms with Crippen molar-refractivity contribution in [3.8, 4) is 0 Å². The van der Waals surface area contributed by atoms with Gasteiger partial charge in [-0.3, -0.25) is 4.21 Å². The van der Waals surface area contributed by atoms with Crippen molar-refractivity contribution in [2.24, 2.45) is 0 Å². The van der Waals surface area contributed by atoms with Gasteiger partial charge in [0.1, 0.15) is 0 Å². The van der Waals surface area contributed by atoms with Crippen molar-refractivity contribution in [2.45, 2.75) is 30.3 Å². The van der Waals surface area contributed by atoms with E-state index in [1.54, 1.807) is 12.1 Å². The molecule has 1 fully saturated rings. The first kappa shape index (κ1) is 11.6. The third-order valence-electron chi connectivity index (χ3n) is 2.79. The molecule has 4 heteroatoms. The van der Waals surface area contributed by atoms with Crippen molar-refractivity contribution in [1.29, 1.82) is 0 Å². The smallest absolute Gasteiger partial charge is 0.0584 e. The zero-order valence-corrected chi connectivity index (χ0v) is 10.0. The highest BCUT2D eigenvalue weighted by molar-refractivity contribution is 7.85. The van der Waals surface area contributed by atoms with Crippen molar-refractivity contribution in [3.63, 3.8) is 0 Å². The fraction of sp³-hybridized carbons (Fsp3) is 0.500. The second kappa shape index (κ2) is 5.46. The minimum atomic E-state index is -0.923. The molecule has 2 N–H and O–H groups in total. The molecule has 1 aliphatic heterocycles. The van der Waals surface area contributed by atoms with Crippen LogP contribution >= 0.6 is 0 Å². The largest absolute Gasteiger partial charge is 0.399 e. The summed E-state index contributed by atoms with van der Waals surface area (Å²) in [7, 11) is -0.923. The standard InChI is InChI=1S/C12H17NO2S/c13-10-3-5-12(6-4-10)16(14)9-7-11-2-1-8-15-11/h3-6,11H,1-2,7-9,13H2. The Morgan fingerprint density at radius 3 is 2.75 bits per heavy atom. The van der Waals surface area contributed by atoms with E-state index in [4.69, 9.17) is 10.5 Å². The predicted molar refractivity (Wildman–Crippen MR) is 65.7 cm³/mol. The first-order chi connectivity index (χ1) is 7.75. The van der Waals surface area contributed by atoms with Crippen LogP contribution in [0.1, 0.15) is 19.3 Å². The summed E-state index contributed by atoms with van der Waals surface area (Å²) >= 11 is 0. The van der Waals surface area contributed by atoms with E-state index in [9.17, 15) is 4.21 Å². The van der Waals surface area contributed by atoms with Gasteiger partial charge in [-0.1, -0.05) is 0 Å². The highest BCUT2D eigenvalue weighted by Crippen LogP contribution is 2.17. The van der Waals surface area contributed by atoms with Crippen molar-refractivity contribution in [1.82, 2.24) is 0 Å². The number of anilines is 1. The maximum Gasteiger partial charge on any atom is 0.0584 e. The first-order valence-electron chi connectivity index (χ1n) is 5.61. The molecule has 1 aromatic carbocycles. The third-order valence-corrected chi connectivity index (χ3v) is 4.20. The summed E-state index contributed by atoms with van der Waals surface area (Å²) in [5.74, 6) is 0.675. The van der Waals surface area contributed by atoms with Crippen LogP contribution in [0.15, 0.2) is 29.2 Å². The predicted octanol–water partition coefficient (Wildman–Crippen LogP) is 1.95. The minimum absolute atomic E-state index is 0.317. The van der Waals surface area contributed by atoms with Crippen molar-refractivity contribution in [2.75, 3.05) is 18.1 Å². The lowest BCUT2D eigenvalue weighted by Crippen LogP contribution is -2.10. The van der Waals surface area contributed by atoms with Crippen LogP contribution in [0.3, 0.4) is 0 Å². The number of hydrogen-bond donors (Lipinski definition) is 1. The summed E-state index contributed by atoms with van der Waals surface area (Å²) < 4.78 is 17.4. The summed E-state index contributed by atoms with van der Waals surface area (Å²) in [6.07, 6.45) is 3.45. The Bertz CT molecular complexity index is 358. The van der Waals surface area contributed by atoms with E-state index >= 15 is 0 Å². The van der Waals surface area contributed by atoms with E-state index in [-0.39, 0.29) is 0 Å². The highest BCUT2D eigenvalue weighted by atomic mass is 32.2. The molecule has 1 saturated heterocycles. The number of benzene rings is 1. The molecule has 1 aromatic rings. The molecule has 1 heterocycles. The van der Waals surface area contributed by atoms with Crippen LogP contribution in [-0.4, -0.2) is 22.7 Å². The van der Waals surface area contributed by atoms with Gasteiger partial charge in [0, 0.05) is 22.9 Å². The fourth-order valence-corrected chi connectivity index (χ4v) is 3.00. The van der Waals surface area contributed by atoms with Gasteiger partial charge in [-0.05, 0) is 43.5 Å². The molecule has 16 heavy (non-hydrogen) atoms. The molecule has 0 saturated carbocycles. The van der Waals surface area contributed by atoms with E-state index in [1.807, 2.05) is 12.1 Å². The first-order valence-corrected chi connectivity index (χ1v) is 6.93. The SMILES string of the molecule is Nc1ccc(S(=O)CCC2CCCO2)cc1. The monoisotopic (exact) mass is 239 g/mol. The lowest BCUT2D eigenvalue weighted by molar-refractivity contribution is 0.109. The van der Waals surface area contributed by atoms with Gasteiger partial charge in [-0.15, -0.1) is 0 Å². The van der Waals surface area contributed by atoms with Gasteiger partial charge < -0.3 is 10.5 Å². The normalized spacial score (nSPS) is 22.1. The van der Waals surface area contributed by atoms with Crippen molar-refractivity contribution < 1.29 is 8.95 Å². The maximum atomic E-state index is 11.9. The Labute approximate surface area is 98.4 Å². The lowest BCUT2D eigenvalue weighted by atomic mass is 10.2. The van der Waals surface area contributed by atoms with Gasteiger partial charge in [0.15, 0.2) is 0 Å². The van der Waals surface area contributed by atoms with Gasteiger partial charge in [-0.2, -0.15) is 0 Å². The van der Waals surface area contributed by atoms with Gasteiger partial charge >= 0.3 is 0 Å². The van der Waals surface area contributed by atoms with Crippen LogP contribution in [-0.2, 0) is 15.5 Å². The average Bonchev–Trinajstić information content (AvgIpc) is 2.80. The maximum absolute atomic E-state index is 11.9. The van der Waals surface area contributed by atoms with E-state index in [1.165, 1.54) is 0 Å². The molecule has 0 aliphatic carbocycles. The van der Waals surface area contributed by atoms with Gasteiger partial charge in [0.25, 0.3) is 0 Å². The Kier molecular flexibility index (Phi) is 3.96. The van der Waals surface area contributed by atoms with E-state index in [0.717, 1.165) is 30.8 Å². The average molecular weight is 239 g/mol. The molecular formula is C12H17NO2S. The quantitative estimate of drug-likeness (QED) is 0.817. The molecule has 1 aliphatic rings. The fourth-order valence-electron chi connectivity index (χ4n) is 1.85. The molecule has 2 atom stereocenters. The van der Waals surface area contributed by atoms with Gasteiger partial charge in [0.2, 0.25) is 0 Å². The third kappa shape index (κ3) is 3.06. The van der Waals surface area contributed by atoms with Crippen LogP contribution in [0.4, 0.5) is 5.69 Å². The number of rotatable bonds is 4. The number of nitrogens with two attached hydrogens (primary N) is 1. The summed E-state index contributed by atoms with van der Waals surface area (Å²) in [5, 5.41) is 0. The van der Waals surface area contributed by atoms with Crippen LogP contribution in [0.25, 0.3) is 0 Å². The molecule has 0 aromatic heterocycles. The highest BCUT2D eigenvalue weighted by Gasteiger charge is 2.16. The Morgan fingerprint density at radius 1 is 1.38 bits per heavy atom. The molecule has 2 unspecified atom stereocenters. The summed E-state index contributed by atoms with van der Waals surface area (Å²) in [4.78, 5) is 0.854. The van der Waals surface area contributed by atoms with Crippen LogP contribution in [0.5, 0.6) is 0 Å². The number of nitrogen functional groups attached to an aromatic ring is 1. The summed E-state index contributed by atoms with van der Waals surface area (Å²) in [6.45, 7) is 0.860. The van der Waals surface area contributed by atoms with Crippen LogP contribution < -0.4 is 5.73 Å². The van der Waals surface area contributed by atoms with Gasteiger partial charge in [0.05, 0.1) is 16.9 Å². The lowest BCUT2D eigenvalue weighted by Gasteiger charge is -2.08. The Balaban J connectivity index is 1.85. The second-order valence-electron chi connectivity index (χ2n) is 4.04. The summed E-state index contributed by atoms with van der Waals surface area (Å²) in [6, 6.07) is 7.25. The molecule has 2 rings (SSSR count). The van der Waals surface area contributed by atoms with Crippen LogP contribution in [0.2, 0.25) is 0 Å². The van der Waals surface area contributed by atoms with E-state index in [0.29, 0.717) is 17.5 Å². The summed E-state index contributed by atoms with van der Waals surface area (Å²) in [5.41, 5.74) is 6.29. The molecule has 0 radical (unpaired) electrons. The number of ether oxygens (including phenoxy) is 1. The van der Waals surface area contributed by atoms with E-state index in [2.05, 4.69) is 0 Å². The molecule has 88 valence electrons. The Morgan fingerprint density at radius 2 is 2.12 bits per heavy atom. The minimum Gasteiger partial charge on any atom is -0.399 e. The molecule has 3 nitrogen and oxygen atoms in total. The topological polar surface area (TPSA) is 52.3 Å². The molecule has 0 amide bonds. The molecule has 0 spiro atoms. The molecule has 0 bridgehead atoms. The van der Waals surface area contributed by atoms with Crippen LogP contribution in [0, 0.1) is 0 Å². The van der Waals surface area contributed by atoms with Gasteiger partial charge in [-0.25, -0.2) is 0 Å². The zero-order valence-electron chi connectivity index (χ0n) is 9.22. The second-order valence-corrected chi connectivity index (χ2v) is 5.61. The number of hydrogen-bond acceptors (Lipinski definition) is 3. The van der Waals surface area contributed by atoms with Crippen molar-refractivity contribution in [3.05, 3.63) is 24.3 Å². The van der Waals surface area contributed by atoms with E-state index < -0.39 is 10.8 Å². The molecular weight excluding hydrogens is 222 g/mol. The Hall–Kier alpha value is -0.870. The zero-order chi connectivity index (χ0) is 11.4. The van der Waals surface area contributed by atoms with Crippen molar-refractivity contribution >= 4 is 16.5 Å².